The third kappa shape index (κ3) is 5.00. The van der Waals surface area contributed by atoms with Crippen LogP contribution in [0.3, 0.4) is 0 Å². The van der Waals surface area contributed by atoms with Gasteiger partial charge in [0.1, 0.15) is 11.6 Å². The highest BCUT2D eigenvalue weighted by atomic mass is 32.2. The first-order chi connectivity index (χ1) is 18.2. The summed E-state index contributed by atoms with van der Waals surface area (Å²) in [5.74, 6) is -1.06. The number of amides is 2. The second-order valence-electron chi connectivity index (χ2n) is 11.0. The standard InChI is InChI=1S/C27H27F3N4O4S/c1-16-11-18(5-10-32-16)17-3-4-22(20(12-17)27(28,29)30)39(37,38)19-13-21(23(35)33-26(15-31)8-9-26)34(14-19)24(36)25(2)6-7-25/h3-5,10-12,19,21H,6-9,13-14H2,1-2H3,(H,33,35)/t19-,21+/m1/s1. The van der Waals surface area contributed by atoms with E-state index in [0.717, 1.165) is 12.1 Å². The summed E-state index contributed by atoms with van der Waals surface area (Å²) in [6.45, 7) is 3.00. The number of pyridine rings is 1. The fraction of sp³-hybridized carbons (Fsp3) is 0.481. The molecule has 0 unspecified atom stereocenters. The Balaban J connectivity index is 1.51. The molecular weight excluding hydrogens is 533 g/mol. The van der Waals surface area contributed by atoms with Crippen molar-refractivity contribution in [3.8, 4) is 17.2 Å². The molecule has 5 rings (SSSR count). The fourth-order valence-corrected chi connectivity index (χ4v) is 6.93. The Hall–Kier alpha value is -3.46. The van der Waals surface area contributed by atoms with E-state index in [9.17, 15) is 36.4 Å². The molecule has 2 amide bonds. The molecule has 0 bridgehead atoms. The predicted molar refractivity (Wildman–Crippen MR) is 134 cm³/mol. The molecule has 0 radical (unpaired) electrons. The lowest BCUT2D eigenvalue weighted by molar-refractivity contribution is -0.142. The number of sulfone groups is 1. The average molecular weight is 561 g/mol. The van der Waals surface area contributed by atoms with Crippen LogP contribution in [0.1, 0.15) is 50.3 Å². The number of halogens is 3. The van der Waals surface area contributed by atoms with E-state index in [-0.39, 0.29) is 12.0 Å². The van der Waals surface area contributed by atoms with Gasteiger partial charge in [-0.15, -0.1) is 0 Å². The SMILES string of the molecule is Cc1cc(-c2ccc(S(=O)(=O)[C@@H]3C[C@@H](C(=O)NC4(C#N)CC4)N(C(=O)C4(C)CC4)C3)c(C(F)(F)F)c2)ccn1. The molecule has 1 saturated heterocycles. The van der Waals surface area contributed by atoms with Crippen molar-refractivity contribution in [2.75, 3.05) is 6.54 Å². The van der Waals surface area contributed by atoms with Gasteiger partial charge in [-0.2, -0.15) is 18.4 Å². The second-order valence-corrected chi connectivity index (χ2v) is 13.2. The molecule has 2 atom stereocenters. The van der Waals surface area contributed by atoms with Gasteiger partial charge in [-0.3, -0.25) is 14.6 Å². The van der Waals surface area contributed by atoms with Gasteiger partial charge in [0, 0.05) is 23.9 Å². The Bertz CT molecular complexity index is 1510. The third-order valence-electron chi connectivity index (χ3n) is 7.93. The maximum absolute atomic E-state index is 14.2. The normalized spacial score (nSPS) is 23.1. The first-order valence-corrected chi connectivity index (χ1v) is 14.2. The van der Waals surface area contributed by atoms with Crippen molar-refractivity contribution >= 4 is 21.7 Å². The zero-order valence-electron chi connectivity index (χ0n) is 21.4. The number of benzene rings is 1. The van der Waals surface area contributed by atoms with Gasteiger partial charge < -0.3 is 10.2 Å². The van der Waals surface area contributed by atoms with Crippen LogP contribution < -0.4 is 5.32 Å². The van der Waals surface area contributed by atoms with E-state index in [1.807, 2.05) is 6.07 Å². The van der Waals surface area contributed by atoms with Gasteiger partial charge in [0.25, 0.3) is 0 Å². The van der Waals surface area contributed by atoms with Crippen molar-refractivity contribution in [1.82, 2.24) is 15.2 Å². The zero-order chi connectivity index (χ0) is 28.4. The topological polar surface area (TPSA) is 120 Å². The van der Waals surface area contributed by atoms with E-state index in [2.05, 4.69) is 10.3 Å². The molecule has 2 saturated carbocycles. The molecule has 8 nitrogen and oxygen atoms in total. The number of aryl methyl sites for hydroxylation is 1. The number of nitriles is 1. The second kappa shape index (κ2) is 9.05. The lowest BCUT2D eigenvalue weighted by atomic mass is 10.0. The summed E-state index contributed by atoms with van der Waals surface area (Å²) < 4.78 is 70.1. The molecule has 2 aliphatic carbocycles. The number of carbonyl (C=O) groups is 2. The molecule has 1 aromatic heterocycles. The minimum Gasteiger partial charge on any atom is -0.336 e. The molecule has 206 valence electrons. The van der Waals surface area contributed by atoms with Gasteiger partial charge in [-0.1, -0.05) is 13.0 Å². The number of aromatic nitrogens is 1. The van der Waals surface area contributed by atoms with E-state index in [1.54, 1.807) is 19.9 Å². The number of carbonyl (C=O) groups excluding carboxylic acids is 2. The molecule has 12 heteroatoms. The van der Waals surface area contributed by atoms with Crippen molar-refractivity contribution in [3.63, 3.8) is 0 Å². The first kappa shape index (κ1) is 27.1. The average Bonchev–Trinajstić information content (AvgIpc) is 3.78. The highest BCUT2D eigenvalue weighted by Gasteiger charge is 2.55. The molecule has 2 aromatic rings. The van der Waals surface area contributed by atoms with Crippen LogP contribution in [0.15, 0.2) is 41.4 Å². The van der Waals surface area contributed by atoms with Crippen molar-refractivity contribution in [3.05, 3.63) is 47.8 Å². The van der Waals surface area contributed by atoms with Gasteiger partial charge in [-0.25, -0.2) is 8.42 Å². The number of nitrogens with zero attached hydrogens (tertiary/aromatic N) is 3. The lowest BCUT2D eigenvalue weighted by Crippen LogP contribution is -2.50. The minimum atomic E-state index is -4.97. The highest BCUT2D eigenvalue weighted by molar-refractivity contribution is 7.92. The van der Waals surface area contributed by atoms with Crippen molar-refractivity contribution < 1.29 is 31.2 Å². The highest BCUT2D eigenvalue weighted by Crippen LogP contribution is 2.48. The van der Waals surface area contributed by atoms with Crippen LogP contribution in [-0.2, 0) is 25.6 Å². The van der Waals surface area contributed by atoms with Crippen molar-refractivity contribution in [1.29, 1.82) is 5.26 Å². The fourth-order valence-electron chi connectivity index (χ4n) is 5.04. The molecule has 1 N–H and O–H groups in total. The maximum Gasteiger partial charge on any atom is 0.417 e. The summed E-state index contributed by atoms with van der Waals surface area (Å²) in [6.07, 6.45) is -1.86. The van der Waals surface area contributed by atoms with Crippen LogP contribution in [0.4, 0.5) is 13.2 Å². The number of likely N-dealkylation sites (tertiary alicyclic amines) is 1. The van der Waals surface area contributed by atoms with Gasteiger partial charge in [-0.05, 0) is 74.4 Å². The summed E-state index contributed by atoms with van der Waals surface area (Å²) in [7, 11) is -4.62. The largest absolute Gasteiger partial charge is 0.417 e. The molecule has 39 heavy (non-hydrogen) atoms. The van der Waals surface area contributed by atoms with Crippen LogP contribution in [0, 0.1) is 23.7 Å². The zero-order valence-corrected chi connectivity index (χ0v) is 22.2. The summed E-state index contributed by atoms with van der Waals surface area (Å²) in [4.78, 5) is 30.7. The van der Waals surface area contributed by atoms with Crippen LogP contribution >= 0.6 is 0 Å². The Kier molecular flexibility index (Phi) is 6.29. The molecule has 0 spiro atoms. The van der Waals surface area contributed by atoms with Crippen LogP contribution in [0.5, 0.6) is 0 Å². The summed E-state index contributed by atoms with van der Waals surface area (Å²) in [5, 5.41) is 10.6. The van der Waals surface area contributed by atoms with Gasteiger partial charge in [0.15, 0.2) is 9.84 Å². The molecule has 3 fully saturated rings. The maximum atomic E-state index is 14.2. The molecule has 2 heterocycles. The number of nitrogens with one attached hydrogen (secondary N) is 1. The summed E-state index contributed by atoms with van der Waals surface area (Å²) in [6, 6.07) is 7.02. The third-order valence-corrected chi connectivity index (χ3v) is 10.1. The number of alkyl halides is 3. The Morgan fingerprint density at radius 3 is 2.36 bits per heavy atom. The van der Waals surface area contributed by atoms with E-state index < -0.39 is 67.1 Å². The Morgan fingerprint density at radius 1 is 1.13 bits per heavy atom. The van der Waals surface area contributed by atoms with Crippen molar-refractivity contribution in [2.45, 2.75) is 73.9 Å². The van der Waals surface area contributed by atoms with E-state index >= 15 is 0 Å². The molecule has 3 aliphatic rings. The number of hydrogen-bond donors (Lipinski definition) is 1. The first-order valence-electron chi connectivity index (χ1n) is 12.6. The molecular formula is C27H27F3N4O4S. The molecule has 1 aliphatic heterocycles. The number of hydrogen-bond acceptors (Lipinski definition) is 6. The van der Waals surface area contributed by atoms with E-state index in [4.69, 9.17) is 0 Å². The summed E-state index contributed by atoms with van der Waals surface area (Å²) in [5.41, 5.74) is -1.86. The van der Waals surface area contributed by atoms with Gasteiger partial charge in [0.2, 0.25) is 11.8 Å². The quantitative estimate of drug-likeness (QED) is 0.574. The van der Waals surface area contributed by atoms with Crippen LogP contribution in [0.2, 0.25) is 0 Å². The van der Waals surface area contributed by atoms with E-state index in [0.29, 0.717) is 36.9 Å². The van der Waals surface area contributed by atoms with Crippen LogP contribution in [0.25, 0.3) is 11.1 Å². The smallest absolute Gasteiger partial charge is 0.336 e. The molecule has 1 aromatic carbocycles. The predicted octanol–water partition coefficient (Wildman–Crippen LogP) is 3.79. The van der Waals surface area contributed by atoms with E-state index in [1.165, 1.54) is 23.2 Å². The van der Waals surface area contributed by atoms with Gasteiger partial charge in [0.05, 0.1) is 21.8 Å². The lowest BCUT2D eigenvalue weighted by Gasteiger charge is -2.27. The summed E-state index contributed by atoms with van der Waals surface area (Å²) >= 11 is 0. The van der Waals surface area contributed by atoms with Gasteiger partial charge >= 0.3 is 6.18 Å². The van der Waals surface area contributed by atoms with Crippen LogP contribution in [-0.4, -0.2) is 53.5 Å². The Morgan fingerprint density at radius 2 is 1.79 bits per heavy atom. The number of rotatable bonds is 6. The minimum absolute atomic E-state index is 0.181. The monoisotopic (exact) mass is 560 g/mol. The van der Waals surface area contributed by atoms with Crippen molar-refractivity contribution in [2.24, 2.45) is 5.41 Å². The Labute approximate surface area is 224 Å².